The van der Waals surface area contributed by atoms with Gasteiger partial charge in [-0.05, 0) is 44.8 Å². The zero-order valence-corrected chi connectivity index (χ0v) is 12.2. The number of carbonyl (C=O) groups is 2. The third-order valence-corrected chi connectivity index (χ3v) is 3.97. The molecule has 1 aliphatic heterocycles. The molecule has 0 radical (unpaired) electrons. The standard InChI is InChI=1S/C14H22N4O3/c1-9-11(7-12(21-9)14(20)17-16)8-18-4-2-10(3-5-18)6-13(15)19/h7,10H,2-6,8,16H2,1H3,(H2,15,19)(H,17,20). The fourth-order valence-corrected chi connectivity index (χ4v) is 2.73. The third kappa shape index (κ3) is 4.05. The highest BCUT2D eigenvalue weighted by molar-refractivity contribution is 5.91. The summed E-state index contributed by atoms with van der Waals surface area (Å²) in [7, 11) is 0. The minimum absolute atomic E-state index is 0.225. The van der Waals surface area contributed by atoms with Crippen LogP contribution in [0.4, 0.5) is 0 Å². The van der Waals surface area contributed by atoms with Crippen molar-refractivity contribution in [3.8, 4) is 0 Å². The minimum Gasteiger partial charge on any atom is -0.456 e. The van der Waals surface area contributed by atoms with Crippen LogP contribution < -0.4 is 17.0 Å². The number of primary amides is 1. The number of hydrazine groups is 1. The van der Waals surface area contributed by atoms with Gasteiger partial charge in [0, 0.05) is 18.5 Å². The molecular formula is C14H22N4O3. The van der Waals surface area contributed by atoms with E-state index in [1.165, 1.54) is 0 Å². The number of amides is 2. The van der Waals surface area contributed by atoms with Gasteiger partial charge in [0.2, 0.25) is 5.91 Å². The highest BCUT2D eigenvalue weighted by Crippen LogP contribution is 2.23. The molecule has 0 unspecified atom stereocenters. The number of nitrogens with one attached hydrogen (secondary N) is 1. The Balaban J connectivity index is 1.90. The average molecular weight is 294 g/mol. The van der Waals surface area contributed by atoms with Crippen LogP contribution in [-0.4, -0.2) is 29.8 Å². The number of carbonyl (C=O) groups excluding carboxylic acids is 2. The van der Waals surface area contributed by atoms with Crippen LogP contribution >= 0.6 is 0 Å². The zero-order chi connectivity index (χ0) is 15.4. The van der Waals surface area contributed by atoms with Crippen molar-refractivity contribution in [2.75, 3.05) is 13.1 Å². The fraction of sp³-hybridized carbons (Fsp3) is 0.571. The molecule has 1 aromatic rings. The molecule has 0 aromatic carbocycles. The summed E-state index contributed by atoms with van der Waals surface area (Å²) in [5, 5.41) is 0. The topological polar surface area (TPSA) is 115 Å². The monoisotopic (exact) mass is 294 g/mol. The molecule has 1 aromatic heterocycles. The van der Waals surface area contributed by atoms with Crippen molar-refractivity contribution in [1.82, 2.24) is 10.3 Å². The van der Waals surface area contributed by atoms with Gasteiger partial charge in [0.25, 0.3) is 0 Å². The van der Waals surface area contributed by atoms with Crippen LogP contribution in [0.5, 0.6) is 0 Å². The van der Waals surface area contributed by atoms with E-state index in [-0.39, 0.29) is 11.7 Å². The summed E-state index contributed by atoms with van der Waals surface area (Å²) in [6, 6.07) is 1.73. The Morgan fingerprint density at radius 2 is 2.10 bits per heavy atom. The maximum Gasteiger partial charge on any atom is 0.300 e. The number of hydrogen-bond acceptors (Lipinski definition) is 5. The van der Waals surface area contributed by atoms with Gasteiger partial charge in [-0.15, -0.1) is 0 Å². The number of likely N-dealkylation sites (tertiary alicyclic amines) is 1. The summed E-state index contributed by atoms with van der Waals surface area (Å²) >= 11 is 0. The molecule has 0 spiro atoms. The van der Waals surface area contributed by atoms with E-state index in [2.05, 4.69) is 10.3 Å². The van der Waals surface area contributed by atoms with E-state index in [4.69, 9.17) is 16.0 Å². The van der Waals surface area contributed by atoms with E-state index < -0.39 is 5.91 Å². The van der Waals surface area contributed by atoms with Gasteiger partial charge in [-0.1, -0.05) is 0 Å². The number of hydrogen-bond donors (Lipinski definition) is 3. The summed E-state index contributed by atoms with van der Waals surface area (Å²) in [6.45, 7) is 4.40. The molecule has 0 aliphatic carbocycles. The van der Waals surface area contributed by atoms with Gasteiger partial charge in [-0.3, -0.25) is 19.9 Å². The van der Waals surface area contributed by atoms with Gasteiger partial charge in [0.1, 0.15) is 5.76 Å². The second-order valence-electron chi connectivity index (χ2n) is 5.56. The number of piperidine rings is 1. The number of furan rings is 1. The van der Waals surface area contributed by atoms with E-state index in [1.807, 2.05) is 6.92 Å². The Bertz CT molecular complexity index is 518. The number of nitrogens with two attached hydrogens (primary N) is 2. The van der Waals surface area contributed by atoms with Crippen LogP contribution in [0, 0.1) is 12.8 Å². The van der Waals surface area contributed by atoms with Crippen molar-refractivity contribution in [3.63, 3.8) is 0 Å². The summed E-state index contributed by atoms with van der Waals surface area (Å²) in [5.74, 6) is 5.79. The summed E-state index contributed by atoms with van der Waals surface area (Å²) in [4.78, 5) is 24.6. The highest BCUT2D eigenvalue weighted by atomic mass is 16.4. The molecule has 0 bridgehead atoms. The van der Waals surface area contributed by atoms with Crippen LogP contribution in [0.15, 0.2) is 10.5 Å². The van der Waals surface area contributed by atoms with Gasteiger partial charge >= 0.3 is 5.91 Å². The first-order valence-corrected chi connectivity index (χ1v) is 7.10. The minimum atomic E-state index is -0.426. The molecular weight excluding hydrogens is 272 g/mol. The molecule has 2 rings (SSSR count). The number of rotatable bonds is 5. The quantitative estimate of drug-likeness (QED) is 0.410. The lowest BCUT2D eigenvalue weighted by Gasteiger charge is -2.31. The van der Waals surface area contributed by atoms with Gasteiger partial charge in [-0.2, -0.15) is 0 Å². The van der Waals surface area contributed by atoms with Crippen LogP contribution in [0.25, 0.3) is 0 Å². The van der Waals surface area contributed by atoms with Gasteiger partial charge in [0.05, 0.1) is 0 Å². The van der Waals surface area contributed by atoms with E-state index >= 15 is 0 Å². The maximum atomic E-state index is 11.4. The lowest BCUT2D eigenvalue weighted by molar-refractivity contribution is -0.119. The Hall–Kier alpha value is -1.86. The molecule has 116 valence electrons. The van der Waals surface area contributed by atoms with Crippen molar-refractivity contribution < 1.29 is 14.0 Å². The van der Waals surface area contributed by atoms with Gasteiger partial charge in [-0.25, -0.2) is 5.84 Å². The Kier molecular flexibility index (Phi) is 4.98. The van der Waals surface area contributed by atoms with Gasteiger partial charge in [0.15, 0.2) is 5.76 Å². The molecule has 1 aliphatic rings. The predicted molar refractivity (Wildman–Crippen MR) is 76.9 cm³/mol. The molecule has 2 heterocycles. The van der Waals surface area contributed by atoms with Crippen LogP contribution in [0.3, 0.4) is 0 Å². The van der Waals surface area contributed by atoms with Crippen molar-refractivity contribution in [3.05, 3.63) is 23.2 Å². The molecule has 5 N–H and O–H groups in total. The van der Waals surface area contributed by atoms with E-state index in [0.29, 0.717) is 12.3 Å². The van der Waals surface area contributed by atoms with E-state index in [9.17, 15) is 9.59 Å². The first kappa shape index (κ1) is 15.5. The van der Waals surface area contributed by atoms with Crippen LogP contribution in [0.2, 0.25) is 0 Å². The number of nitrogen functional groups attached to an aromatic ring is 1. The van der Waals surface area contributed by atoms with Crippen molar-refractivity contribution >= 4 is 11.8 Å². The van der Waals surface area contributed by atoms with Crippen molar-refractivity contribution in [2.24, 2.45) is 17.5 Å². The molecule has 0 saturated carbocycles. The Morgan fingerprint density at radius 3 is 2.67 bits per heavy atom. The third-order valence-electron chi connectivity index (χ3n) is 3.97. The normalized spacial score (nSPS) is 16.9. The van der Waals surface area contributed by atoms with Gasteiger partial charge < -0.3 is 10.2 Å². The summed E-state index contributed by atoms with van der Waals surface area (Å²) in [6.07, 6.45) is 2.41. The van der Waals surface area contributed by atoms with Crippen molar-refractivity contribution in [2.45, 2.75) is 32.7 Å². The lowest BCUT2D eigenvalue weighted by Crippen LogP contribution is -2.34. The van der Waals surface area contributed by atoms with Crippen molar-refractivity contribution in [1.29, 1.82) is 0 Å². The SMILES string of the molecule is Cc1oc(C(=O)NN)cc1CN1CCC(CC(N)=O)CC1. The molecule has 7 heteroatoms. The Morgan fingerprint density at radius 1 is 1.43 bits per heavy atom. The first-order valence-electron chi connectivity index (χ1n) is 7.10. The zero-order valence-electron chi connectivity index (χ0n) is 12.2. The molecule has 1 saturated heterocycles. The lowest BCUT2D eigenvalue weighted by atomic mass is 9.93. The second-order valence-corrected chi connectivity index (χ2v) is 5.56. The number of aryl methyl sites for hydroxylation is 1. The molecule has 1 fully saturated rings. The predicted octanol–water partition coefficient (Wildman–Crippen LogP) is 0.279. The molecule has 0 atom stereocenters. The maximum absolute atomic E-state index is 11.4. The van der Waals surface area contributed by atoms with Crippen LogP contribution in [-0.2, 0) is 11.3 Å². The number of nitrogens with zero attached hydrogens (tertiary/aromatic N) is 1. The average Bonchev–Trinajstić information content (AvgIpc) is 2.81. The Labute approximate surface area is 123 Å². The largest absolute Gasteiger partial charge is 0.456 e. The molecule has 2 amide bonds. The smallest absolute Gasteiger partial charge is 0.300 e. The van der Waals surface area contributed by atoms with Crippen LogP contribution in [0.1, 0.15) is 41.1 Å². The summed E-state index contributed by atoms with van der Waals surface area (Å²) in [5.41, 5.74) is 8.28. The highest BCUT2D eigenvalue weighted by Gasteiger charge is 2.22. The van der Waals surface area contributed by atoms with E-state index in [0.717, 1.165) is 43.8 Å². The van der Waals surface area contributed by atoms with E-state index in [1.54, 1.807) is 6.07 Å². The summed E-state index contributed by atoms with van der Waals surface area (Å²) < 4.78 is 5.40. The fourth-order valence-electron chi connectivity index (χ4n) is 2.73. The molecule has 21 heavy (non-hydrogen) atoms. The molecule has 7 nitrogen and oxygen atoms in total. The second kappa shape index (κ2) is 6.73. The first-order chi connectivity index (χ1) is 9.99.